The lowest BCUT2D eigenvalue weighted by Crippen LogP contribution is -2.36. The van der Waals surface area contributed by atoms with Gasteiger partial charge in [-0.2, -0.15) is 5.26 Å². The van der Waals surface area contributed by atoms with Crippen LogP contribution in [0.2, 0.25) is 0 Å². The molecule has 152 valence electrons. The predicted octanol–water partition coefficient (Wildman–Crippen LogP) is 4.46. The van der Waals surface area contributed by atoms with Gasteiger partial charge in [0.2, 0.25) is 0 Å². The van der Waals surface area contributed by atoms with Crippen LogP contribution in [0, 0.1) is 17.1 Å². The molecular weight excluding hydrogens is 472 g/mol. The molecule has 8 heteroatoms. The Kier molecular flexibility index (Phi) is 10.5. The van der Waals surface area contributed by atoms with Gasteiger partial charge < -0.3 is 15.2 Å². The molecule has 2 N–H and O–H groups in total. The van der Waals surface area contributed by atoms with Crippen molar-refractivity contribution in [1.29, 1.82) is 5.26 Å². The molecule has 0 spiro atoms. The molecule has 0 radical (unpaired) electrons. The Morgan fingerprint density at radius 2 is 2.00 bits per heavy atom. The van der Waals surface area contributed by atoms with Crippen LogP contribution in [0.15, 0.2) is 33.8 Å². The Morgan fingerprint density at radius 3 is 2.61 bits per heavy atom. The van der Waals surface area contributed by atoms with Gasteiger partial charge >= 0.3 is 0 Å². The first-order valence-corrected chi connectivity index (χ1v) is 9.27. The fourth-order valence-corrected chi connectivity index (χ4v) is 2.73. The highest BCUT2D eigenvalue weighted by molar-refractivity contribution is 14.0. The fraction of sp³-hybridized carbons (Fsp3) is 0.450. The number of halogens is 2. The summed E-state index contributed by atoms with van der Waals surface area (Å²) in [4.78, 5) is 4.40. The minimum absolute atomic E-state index is 0. The van der Waals surface area contributed by atoms with Crippen LogP contribution in [0.4, 0.5) is 4.39 Å². The van der Waals surface area contributed by atoms with E-state index in [-0.39, 0.29) is 30.5 Å². The summed E-state index contributed by atoms with van der Waals surface area (Å²) in [6.45, 7) is 7.52. The summed E-state index contributed by atoms with van der Waals surface area (Å²) in [6, 6.07) is 8.28. The van der Waals surface area contributed by atoms with Gasteiger partial charge in [0, 0.05) is 24.1 Å². The van der Waals surface area contributed by atoms with Crippen LogP contribution in [0.5, 0.6) is 0 Å². The molecule has 0 aliphatic carbocycles. The van der Waals surface area contributed by atoms with E-state index in [0.717, 1.165) is 24.3 Å². The van der Waals surface area contributed by atoms with E-state index in [1.54, 1.807) is 12.1 Å². The highest BCUT2D eigenvalue weighted by Gasteiger charge is 2.13. The number of benzene rings is 1. The summed E-state index contributed by atoms with van der Waals surface area (Å²) in [7, 11) is 0. The van der Waals surface area contributed by atoms with Crippen LogP contribution < -0.4 is 10.6 Å². The smallest absolute Gasteiger partial charge is 0.191 e. The van der Waals surface area contributed by atoms with Gasteiger partial charge in [-0.15, -0.1) is 24.0 Å². The first-order chi connectivity index (χ1) is 13.1. The number of nitrogens with zero attached hydrogens (tertiary/aromatic N) is 3. The van der Waals surface area contributed by atoms with Crippen LogP contribution in [0.1, 0.15) is 62.1 Å². The molecule has 1 aromatic heterocycles. The zero-order valence-corrected chi connectivity index (χ0v) is 18.8. The van der Waals surface area contributed by atoms with Gasteiger partial charge in [0.15, 0.2) is 11.7 Å². The van der Waals surface area contributed by atoms with Crippen molar-refractivity contribution in [2.24, 2.45) is 4.99 Å². The van der Waals surface area contributed by atoms with E-state index >= 15 is 0 Å². The van der Waals surface area contributed by atoms with Gasteiger partial charge in [-0.25, -0.2) is 9.38 Å². The van der Waals surface area contributed by atoms with Gasteiger partial charge in [-0.3, -0.25) is 0 Å². The molecule has 0 saturated carbocycles. The third kappa shape index (κ3) is 6.78. The highest BCUT2D eigenvalue weighted by Crippen LogP contribution is 2.22. The molecule has 1 heterocycles. The number of guanidine groups is 1. The number of nitriles is 1. The summed E-state index contributed by atoms with van der Waals surface area (Å²) in [5.74, 6) is 1.26. The van der Waals surface area contributed by atoms with Crippen molar-refractivity contribution < 1.29 is 8.91 Å². The Hall–Kier alpha value is -2.15. The molecule has 0 bridgehead atoms. The Morgan fingerprint density at radius 1 is 1.25 bits per heavy atom. The van der Waals surface area contributed by atoms with Crippen molar-refractivity contribution in [2.45, 2.75) is 52.6 Å². The number of nitrogens with one attached hydrogen (secondary N) is 2. The Bertz CT molecular complexity index is 811. The van der Waals surface area contributed by atoms with Crippen LogP contribution in [0.3, 0.4) is 0 Å². The van der Waals surface area contributed by atoms with Crippen molar-refractivity contribution in [2.75, 3.05) is 6.54 Å². The predicted molar refractivity (Wildman–Crippen MR) is 118 cm³/mol. The molecule has 0 atom stereocenters. The number of aliphatic imine (C=N–C) groups is 1. The lowest BCUT2D eigenvalue weighted by Gasteiger charge is -2.10. The first-order valence-electron chi connectivity index (χ1n) is 9.27. The maximum absolute atomic E-state index is 14.0. The summed E-state index contributed by atoms with van der Waals surface area (Å²) in [6.07, 6.45) is 2.05. The van der Waals surface area contributed by atoms with Gasteiger partial charge in [0.05, 0.1) is 30.4 Å². The van der Waals surface area contributed by atoms with Crippen molar-refractivity contribution in [3.8, 4) is 6.07 Å². The normalized spacial score (nSPS) is 11.1. The second-order valence-corrected chi connectivity index (χ2v) is 6.20. The molecule has 28 heavy (non-hydrogen) atoms. The fourth-order valence-electron chi connectivity index (χ4n) is 2.73. The lowest BCUT2D eigenvalue weighted by molar-refractivity contribution is 0.368. The van der Waals surface area contributed by atoms with E-state index in [9.17, 15) is 4.39 Å². The summed E-state index contributed by atoms with van der Waals surface area (Å²) < 4.78 is 19.4. The average Bonchev–Trinajstić information content (AvgIpc) is 3.14. The second-order valence-electron chi connectivity index (χ2n) is 6.20. The molecule has 6 nitrogen and oxygen atoms in total. The zero-order valence-electron chi connectivity index (χ0n) is 16.5. The quantitative estimate of drug-likeness (QED) is 0.318. The summed E-state index contributed by atoms with van der Waals surface area (Å²) >= 11 is 0. The largest absolute Gasteiger partial charge is 0.359 e. The van der Waals surface area contributed by atoms with Gasteiger partial charge in [-0.05, 0) is 31.9 Å². The van der Waals surface area contributed by atoms with E-state index < -0.39 is 5.82 Å². The molecule has 0 saturated heterocycles. The maximum Gasteiger partial charge on any atom is 0.191 e. The van der Waals surface area contributed by atoms with Crippen molar-refractivity contribution in [3.63, 3.8) is 0 Å². The lowest BCUT2D eigenvalue weighted by atomic mass is 9.99. The van der Waals surface area contributed by atoms with Gasteiger partial charge in [0.1, 0.15) is 5.82 Å². The molecule has 0 amide bonds. The van der Waals surface area contributed by atoms with Crippen LogP contribution >= 0.6 is 24.0 Å². The van der Waals surface area contributed by atoms with Crippen LogP contribution in [-0.2, 0) is 13.1 Å². The van der Waals surface area contributed by atoms with Crippen molar-refractivity contribution >= 4 is 29.9 Å². The average molecular weight is 499 g/mol. The SMILES string of the molecule is CCNC(=NCc1ccc(C#N)cc1F)NCc1cc(C(CC)CC)no1.I. The first kappa shape index (κ1) is 23.9. The van der Waals surface area contributed by atoms with E-state index in [2.05, 4.69) is 34.6 Å². The van der Waals surface area contributed by atoms with Crippen molar-refractivity contribution in [3.05, 3.63) is 52.7 Å². The number of hydrogen-bond donors (Lipinski definition) is 2. The molecule has 1 aromatic carbocycles. The number of aromatic nitrogens is 1. The monoisotopic (exact) mass is 499 g/mol. The molecule has 2 aromatic rings. The van der Waals surface area contributed by atoms with E-state index in [4.69, 9.17) is 9.78 Å². The third-order valence-electron chi connectivity index (χ3n) is 4.35. The molecule has 0 fully saturated rings. The minimum atomic E-state index is -0.432. The van der Waals surface area contributed by atoms with E-state index in [1.807, 2.05) is 19.1 Å². The van der Waals surface area contributed by atoms with E-state index in [0.29, 0.717) is 36.1 Å². The number of rotatable bonds is 8. The number of hydrogen-bond acceptors (Lipinski definition) is 4. The molecule has 2 rings (SSSR count). The Balaban J connectivity index is 0.00000392. The van der Waals surface area contributed by atoms with Gasteiger partial charge in [-0.1, -0.05) is 25.1 Å². The third-order valence-corrected chi connectivity index (χ3v) is 4.35. The summed E-state index contributed by atoms with van der Waals surface area (Å²) in [5.41, 5.74) is 1.70. The van der Waals surface area contributed by atoms with Crippen LogP contribution in [-0.4, -0.2) is 17.7 Å². The van der Waals surface area contributed by atoms with Crippen molar-refractivity contribution in [1.82, 2.24) is 15.8 Å². The minimum Gasteiger partial charge on any atom is -0.359 e. The van der Waals surface area contributed by atoms with Gasteiger partial charge in [0.25, 0.3) is 0 Å². The zero-order chi connectivity index (χ0) is 19.6. The molecule has 0 aliphatic heterocycles. The standard InChI is InChI=1S/C20H26FN5O.HI/c1-4-15(5-2)19-10-17(27-26-19)13-25-20(23-6-3)24-12-16-8-7-14(11-22)9-18(16)21;/h7-10,15H,4-6,12-13H2,1-3H3,(H2,23,24,25);1H. The molecule has 0 aliphatic rings. The molecular formula is C20H27FIN5O. The van der Waals surface area contributed by atoms with E-state index in [1.165, 1.54) is 6.07 Å². The summed E-state index contributed by atoms with van der Waals surface area (Å²) in [5, 5.41) is 19.2. The second kappa shape index (κ2) is 12.3. The van der Waals surface area contributed by atoms with Crippen LogP contribution in [0.25, 0.3) is 0 Å². The Labute approximate surface area is 182 Å². The maximum atomic E-state index is 14.0. The highest BCUT2D eigenvalue weighted by atomic mass is 127. The molecule has 0 unspecified atom stereocenters. The topological polar surface area (TPSA) is 86.2 Å².